The quantitative estimate of drug-likeness (QED) is 0.553. The number of carbonyl (C=O) groups is 1. The maximum Gasteiger partial charge on any atom is 0.289 e. The second kappa shape index (κ2) is 7.02. The minimum absolute atomic E-state index is 0.0586. The molecule has 0 saturated carbocycles. The molecule has 1 amide bonds. The molecule has 1 aromatic rings. The van der Waals surface area contributed by atoms with Gasteiger partial charge in [0.25, 0.3) is 5.69 Å². The zero-order valence-electron chi connectivity index (χ0n) is 12.5. The van der Waals surface area contributed by atoms with Gasteiger partial charge in [0, 0.05) is 39.4 Å². The van der Waals surface area contributed by atoms with Crippen LogP contribution in [0, 0.1) is 10.1 Å². The predicted octanol–water partition coefficient (Wildman–Crippen LogP) is 0.0741. The van der Waals surface area contributed by atoms with Crippen LogP contribution in [0.1, 0.15) is 0 Å². The van der Waals surface area contributed by atoms with Crippen molar-refractivity contribution in [2.24, 2.45) is 0 Å². The molecule has 0 spiro atoms. The lowest BCUT2D eigenvalue weighted by Gasteiger charge is -2.33. The lowest BCUT2D eigenvalue weighted by molar-refractivity contribution is -0.387. The Balaban J connectivity index is 2.17. The van der Waals surface area contributed by atoms with Crippen LogP contribution in [0.3, 0.4) is 0 Å². The van der Waals surface area contributed by atoms with Crippen LogP contribution in [0.5, 0.6) is 0 Å². The van der Waals surface area contributed by atoms with E-state index in [9.17, 15) is 23.3 Å². The van der Waals surface area contributed by atoms with Gasteiger partial charge >= 0.3 is 0 Å². The Hall–Kier alpha value is -2.04. The molecule has 0 radical (unpaired) electrons. The van der Waals surface area contributed by atoms with Gasteiger partial charge in [-0.2, -0.15) is 4.31 Å². The number of methoxy groups -OCH3 is 1. The molecule has 0 unspecified atom stereocenters. The molecule has 126 valence electrons. The first-order chi connectivity index (χ1) is 10.9. The molecule has 1 saturated heterocycles. The van der Waals surface area contributed by atoms with Crippen LogP contribution in [0.25, 0.3) is 0 Å². The summed E-state index contributed by atoms with van der Waals surface area (Å²) in [5.74, 6) is -0.213. The SMILES string of the molecule is COCC(=O)N1CCN(S(=O)(=O)c2ccccc2[N+](=O)[O-])CC1. The molecule has 1 aliphatic heterocycles. The molecule has 23 heavy (non-hydrogen) atoms. The highest BCUT2D eigenvalue weighted by Crippen LogP contribution is 2.26. The van der Waals surface area contributed by atoms with Crippen LogP contribution in [0.4, 0.5) is 5.69 Å². The molecule has 1 fully saturated rings. The van der Waals surface area contributed by atoms with E-state index in [0.29, 0.717) is 0 Å². The van der Waals surface area contributed by atoms with Gasteiger partial charge in [0.05, 0.1) is 4.92 Å². The number of sulfonamides is 1. The van der Waals surface area contributed by atoms with Gasteiger partial charge < -0.3 is 9.64 Å². The minimum Gasteiger partial charge on any atom is -0.375 e. The standard InChI is InChI=1S/C13H17N3O6S/c1-22-10-13(17)14-6-8-15(9-7-14)23(20,21)12-5-3-2-4-11(12)16(18)19/h2-5H,6-10H2,1H3. The molecule has 0 aromatic heterocycles. The Morgan fingerprint density at radius 3 is 2.43 bits per heavy atom. The topological polar surface area (TPSA) is 110 Å². The molecule has 10 heteroatoms. The van der Waals surface area contributed by atoms with E-state index >= 15 is 0 Å². The summed E-state index contributed by atoms with van der Waals surface area (Å²) in [4.78, 5) is 23.2. The van der Waals surface area contributed by atoms with Crippen LogP contribution in [0.2, 0.25) is 0 Å². The highest BCUT2D eigenvalue weighted by Gasteiger charge is 2.34. The predicted molar refractivity (Wildman–Crippen MR) is 80.3 cm³/mol. The number of rotatable bonds is 5. The van der Waals surface area contributed by atoms with Gasteiger partial charge in [-0.05, 0) is 6.07 Å². The summed E-state index contributed by atoms with van der Waals surface area (Å²) in [6, 6.07) is 5.23. The van der Waals surface area contributed by atoms with Crippen LogP contribution >= 0.6 is 0 Å². The zero-order chi connectivity index (χ0) is 17.0. The third-order valence-electron chi connectivity index (χ3n) is 3.54. The van der Waals surface area contributed by atoms with Gasteiger partial charge in [0.15, 0.2) is 4.90 Å². The fourth-order valence-electron chi connectivity index (χ4n) is 2.36. The number of ether oxygens (including phenoxy) is 1. The number of nitro groups is 1. The normalized spacial score (nSPS) is 16.3. The zero-order valence-corrected chi connectivity index (χ0v) is 13.4. The van der Waals surface area contributed by atoms with Crippen LogP contribution < -0.4 is 0 Å². The molecule has 0 N–H and O–H groups in total. The summed E-state index contributed by atoms with van der Waals surface area (Å²) >= 11 is 0. The summed E-state index contributed by atoms with van der Waals surface area (Å²) < 4.78 is 31.1. The summed E-state index contributed by atoms with van der Waals surface area (Å²) in [5, 5.41) is 11.0. The molecule has 0 aliphatic carbocycles. The van der Waals surface area contributed by atoms with Crippen molar-refractivity contribution >= 4 is 21.6 Å². The van der Waals surface area contributed by atoms with Crippen molar-refractivity contribution < 1.29 is 22.9 Å². The number of amides is 1. The molecular weight excluding hydrogens is 326 g/mol. The van der Waals surface area contributed by atoms with Gasteiger partial charge in [-0.3, -0.25) is 14.9 Å². The molecule has 0 atom stereocenters. The third-order valence-corrected chi connectivity index (χ3v) is 5.48. The summed E-state index contributed by atoms with van der Waals surface area (Å²) in [6.07, 6.45) is 0. The average molecular weight is 343 g/mol. The molecular formula is C13H17N3O6S. The number of benzene rings is 1. The number of nitrogens with zero attached hydrogens (tertiary/aromatic N) is 3. The highest BCUT2D eigenvalue weighted by molar-refractivity contribution is 7.89. The van der Waals surface area contributed by atoms with Gasteiger partial charge in [-0.15, -0.1) is 0 Å². The van der Waals surface area contributed by atoms with Crippen molar-refractivity contribution in [3.05, 3.63) is 34.4 Å². The first-order valence-electron chi connectivity index (χ1n) is 6.88. The number of hydrogen-bond donors (Lipinski definition) is 0. The van der Waals surface area contributed by atoms with E-state index in [-0.39, 0.29) is 43.6 Å². The number of para-hydroxylation sites is 1. The van der Waals surface area contributed by atoms with E-state index in [0.717, 1.165) is 10.4 Å². The maximum atomic E-state index is 12.6. The third kappa shape index (κ3) is 3.66. The number of hydrogen-bond acceptors (Lipinski definition) is 6. The largest absolute Gasteiger partial charge is 0.375 e. The summed E-state index contributed by atoms with van der Waals surface area (Å²) in [6.45, 7) is 0.564. The van der Waals surface area contributed by atoms with E-state index in [1.54, 1.807) is 0 Å². The van der Waals surface area contributed by atoms with E-state index < -0.39 is 20.6 Å². The van der Waals surface area contributed by atoms with Gasteiger partial charge in [-0.25, -0.2) is 8.42 Å². The van der Waals surface area contributed by atoms with E-state index in [2.05, 4.69) is 0 Å². The molecule has 1 aliphatic rings. The number of piperazine rings is 1. The summed E-state index contributed by atoms with van der Waals surface area (Å²) in [5.41, 5.74) is -0.453. The fraction of sp³-hybridized carbons (Fsp3) is 0.462. The lowest BCUT2D eigenvalue weighted by atomic mass is 10.3. The van der Waals surface area contributed by atoms with E-state index in [1.807, 2.05) is 0 Å². The van der Waals surface area contributed by atoms with Gasteiger partial charge in [0.2, 0.25) is 15.9 Å². The van der Waals surface area contributed by atoms with E-state index in [1.165, 1.54) is 30.2 Å². The van der Waals surface area contributed by atoms with Crippen molar-refractivity contribution in [3.8, 4) is 0 Å². The average Bonchev–Trinajstić information content (AvgIpc) is 2.55. The summed E-state index contributed by atoms with van der Waals surface area (Å²) in [7, 11) is -2.57. The highest BCUT2D eigenvalue weighted by atomic mass is 32.2. The second-order valence-corrected chi connectivity index (χ2v) is 6.85. The Kier molecular flexibility index (Phi) is 5.29. The van der Waals surface area contributed by atoms with E-state index in [4.69, 9.17) is 4.74 Å². The Bertz CT molecular complexity index is 697. The first kappa shape index (κ1) is 17.3. The van der Waals surface area contributed by atoms with Crippen molar-refractivity contribution in [1.29, 1.82) is 0 Å². The monoisotopic (exact) mass is 343 g/mol. The molecule has 9 nitrogen and oxygen atoms in total. The number of nitro benzene ring substituents is 1. The van der Waals surface area contributed by atoms with Crippen LogP contribution in [-0.2, 0) is 19.6 Å². The first-order valence-corrected chi connectivity index (χ1v) is 8.32. The van der Waals surface area contributed by atoms with Crippen LogP contribution in [0.15, 0.2) is 29.2 Å². The Morgan fingerprint density at radius 1 is 1.26 bits per heavy atom. The lowest BCUT2D eigenvalue weighted by Crippen LogP contribution is -2.51. The smallest absolute Gasteiger partial charge is 0.289 e. The molecule has 1 aromatic carbocycles. The second-order valence-electron chi connectivity index (χ2n) is 4.94. The Morgan fingerprint density at radius 2 is 1.87 bits per heavy atom. The van der Waals surface area contributed by atoms with Crippen molar-refractivity contribution in [3.63, 3.8) is 0 Å². The van der Waals surface area contributed by atoms with Crippen LogP contribution in [-0.4, -0.2) is 68.3 Å². The minimum atomic E-state index is -3.98. The maximum absolute atomic E-state index is 12.6. The van der Waals surface area contributed by atoms with Crippen molar-refractivity contribution in [2.45, 2.75) is 4.90 Å². The van der Waals surface area contributed by atoms with Gasteiger partial charge in [-0.1, -0.05) is 12.1 Å². The Labute approximate surface area is 133 Å². The molecule has 0 bridgehead atoms. The fourth-order valence-corrected chi connectivity index (χ4v) is 3.94. The van der Waals surface area contributed by atoms with Crippen molar-refractivity contribution in [1.82, 2.24) is 9.21 Å². The van der Waals surface area contributed by atoms with Crippen molar-refractivity contribution in [2.75, 3.05) is 39.9 Å². The van der Waals surface area contributed by atoms with Gasteiger partial charge in [0.1, 0.15) is 6.61 Å². The number of carbonyl (C=O) groups excluding carboxylic acids is 1. The molecule has 2 rings (SSSR count). The molecule has 1 heterocycles.